The van der Waals surface area contributed by atoms with E-state index >= 15 is 0 Å². The van der Waals surface area contributed by atoms with Gasteiger partial charge in [0, 0.05) is 4.47 Å². The number of hydrogen-bond acceptors (Lipinski definition) is 4. The van der Waals surface area contributed by atoms with Crippen LogP contribution >= 0.6 is 15.9 Å². The molecule has 0 heterocycles. The van der Waals surface area contributed by atoms with Crippen LogP contribution in [0.25, 0.3) is 0 Å². The van der Waals surface area contributed by atoms with Crippen molar-refractivity contribution in [3.63, 3.8) is 0 Å². The Morgan fingerprint density at radius 1 is 1.04 bits per heavy atom. The second-order valence-electron chi connectivity index (χ2n) is 5.79. The molecule has 0 saturated heterocycles. The zero-order valence-corrected chi connectivity index (χ0v) is 17.1. The van der Waals surface area contributed by atoms with Crippen LogP contribution in [0.15, 0.2) is 40.9 Å². The summed E-state index contributed by atoms with van der Waals surface area (Å²) in [5.41, 5.74) is 1.87. The molecule has 0 aliphatic rings. The topological polar surface area (TPSA) is 56.8 Å². The number of ether oxygens (including phenoxy) is 3. The molecule has 2 aromatic rings. The zero-order chi connectivity index (χ0) is 19.1. The van der Waals surface area contributed by atoms with Gasteiger partial charge in [0.05, 0.1) is 33.8 Å². The van der Waals surface area contributed by atoms with Crippen molar-refractivity contribution < 1.29 is 19.0 Å². The van der Waals surface area contributed by atoms with Gasteiger partial charge in [0.15, 0.2) is 11.5 Å². The molecule has 6 heteroatoms. The van der Waals surface area contributed by atoms with E-state index in [1.165, 1.54) is 0 Å². The maximum absolute atomic E-state index is 12.5. The van der Waals surface area contributed by atoms with Crippen molar-refractivity contribution in [3.05, 3.63) is 52.0 Å². The first kappa shape index (κ1) is 20.1. The summed E-state index contributed by atoms with van der Waals surface area (Å²) in [5.74, 6) is 1.53. The molecule has 0 spiro atoms. The van der Waals surface area contributed by atoms with E-state index < -0.39 is 0 Å². The second kappa shape index (κ2) is 9.48. The third kappa shape index (κ3) is 4.91. The highest BCUT2D eigenvalue weighted by atomic mass is 79.9. The summed E-state index contributed by atoms with van der Waals surface area (Å²) in [6, 6.07) is 11.5. The standard InChI is InChI=1S/C20H24BrNO4/c1-5-16(14-6-8-15(21)9-7-14)22-19(23)12-13-10-17(24-2)20(26-4)18(11-13)25-3/h6-11,16H,5,12H2,1-4H3,(H,22,23)/t16-/m1/s1. The number of amides is 1. The van der Waals surface area contributed by atoms with E-state index in [1.807, 2.05) is 31.2 Å². The van der Waals surface area contributed by atoms with Gasteiger partial charge in [-0.15, -0.1) is 0 Å². The fourth-order valence-corrected chi connectivity index (χ4v) is 3.05. The Morgan fingerprint density at radius 3 is 2.08 bits per heavy atom. The number of nitrogens with one attached hydrogen (secondary N) is 1. The van der Waals surface area contributed by atoms with Crippen molar-refractivity contribution in [1.82, 2.24) is 5.32 Å². The Morgan fingerprint density at radius 2 is 1.62 bits per heavy atom. The summed E-state index contributed by atoms with van der Waals surface area (Å²) < 4.78 is 17.0. The number of benzene rings is 2. The highest BCUT2D eigenvalue weighted by Gasteiger charge is 2.17. The molecule has 26 heavy (non-hydrogen) atoms. The molecule has 1 atom stereocenters. The number of carbonyl (C=O) groups excluding carboxylic acids is 1. The van der Waals surface area contributed by atoms with E-state index in [-0.39, 0.29) is 18.4 Å². The predicted molar refractivity (Wildman–Crippen MR) is 105 cm³/mol. The van der Waals surface area contributed by atoms with Crippen LogP contribution in [0.5, 0.6) is 17.2 Å². The van der Waals surface area contributed by atoms with Crippen LogP contribution in [0.2, 0.25) is 0 Å². The van der Waals surface area contributed by atoms with Crippen LogP contribution in [0.4, 0.5) is 0 Å². The average molecular weight is 422 g/mol. The lowest BCUT2D eigenvalue weighted by Crippen LogP contribution is -2.29. The van der Waals surface area contributed by atoms with Gasteiger partial charge >= 0.3 is 0 Å². The quantitative estimate of drug-likeness (QED) is 0.690. The third-order valence-corrected chi connectivity index (χ3v) is 4.63. The van der Waals surface area contributed by atoms with Crippen LogP contribution in [0, 0.1) is 0 Å². The van der Waals surface area contributed by atoms with Gasteiger partial charge in [-0.2, -0.15) is 0 Å². The van der Waals surface area contributed by atoms with Gasteiger partial charge in [0.2, 0.25) is 11.7 Å². The first-order chi connectivity index (χ1) is 12.5. The summed E-state index contributed by atoms with van der Waals surface area (Å²) in [7, 11) is 4.67. The van der Waals surface area contributed by atoms with Crippen LogP contribution < -0.4 is 19.5 Å². The summed E-state index contributed by atoms with van der Waals surface area (Å²) in [4.78, 5) is 12.5. The van der Waals surface area contributed by atoms with Crippen molar-refractivity contribution in [2.24, 2.45) is 0 Å². The zero-order valence-electron chi connectivity index (χ0n) is 15.5. The second-order valence-corrected chi connectivity index (χ2v) is 6.71. The number of hydrogen-bond donors (Lipinski definition) is 1. The molecule has 0 aliphatic heterocycles. The Kier molecular flexibility index (Phi) is 7.33. The highest BCUT2D eigenvalue weighted by molar-refractivity contribution is 9.10. The van der Waals surface area contributed by atoms with Gasteiger partial charge in [-0.25, -0.2) is 0 Å². The van der Waals surface area contributed by atoms with Crippen LogP contribution in [-0.2, 0) is 11.2 Å². The fraction of sp³-hybridized carbons (Fsp3) is 0.350. The van der Waals surface area contributed by atoms with Crippen molar-refractivity contribution in [3.8, 4) is 17.2 Å². The molecule has 1 N–H and O–H groups in total. The molecular weight excluding hydrogens is 398 g/mol. The molecule has 0 aromatic heterocycles. The maximum atomic E-state index is 12.5. The van der Waals surface area contributed by atoms with Gasteiger partial charge in [-0.1, -0.05) is 35.0 Å². The molecule has 2 aromatic carbocycles. The number of methoxy groups -OCH3 is 3. The van der Waals surface area contributed by atoms with E-state index in [2.05, 4.69) is 21.2 Å². The van der Waals surface area contributed by atoms with E-state index in [4.69, 9.17) is 14.2 Å². The largest absolute Gasteiger partial charge is 0.493 e. The molecule has 140 valence electrons. The van der Waals surface area contributed by atoms with Gasteiger partial charge in [-0.05, 0) is 41.8 Å². The van der Waals surface area contributed by atoms with Crippen LogP contribution in [0.1, 0.15) is 30.5 Å². The van der Waals surface area contributed by atoms with Crippen LogP contribution in [0.3, 0.4) is 0 Å². The van der Waals surface area contributed by atoms with E-state index in [0.29, 0.717) is 17.2 Å². The number of rotatable bonds is 8. The van der Waals surface area contributed by atoms with Crippen molar-refractivity contribution in [2.75, 3.05) is 21.3 Å². The molecular formula is C20H24BrNO4. The molecule has 0 saturated carbocycles. The minimum absolute atomic E-state index is 0.0300. The Bertz CT molecular complexity index is 721. The summed E-state index contributed by atoms with van der Waals surface area (Å²) >= 11 is 3.43. The molecule has 1 amide bonds. The first-order valence-electron chi connectivity index (χ1n) is 8.36. The normalized spacial score (nSPS) is 11.6. The predicted octanol–water partition coefficient (Wildman–Crippen LogP) is 4.28. The Labute approximate surface area is 162 Å². The fourth-order valence-electron chi connectivity index (χ4n) is 2.78. The summed E-state index contributed by atoms with van der Waals surface area (Å²) in [5, 5.41) is 3.09. The molecule has 2 rings (SSSR count). The lowest BCUT2D eigenvalue weighted by atomic mass is 10.0. The smallest absolute Gasteiger partial charge is 0.224 e. The molecule has 5 nitrogen and oxygen atoms in total. The minimum Gasteiger partial charge on any atom is -0.493 e. The van der Waals surface area contributed by atoms with Crippen LogP contribution in [-0.4, -0.2) is 27.2 Å². The van der Waals surface area contributed by atoms with Gasteiger partial charge in [0.1, 0.15) is 0 Å². The maximum Gasteiger partial charge on any atom is 0.224 e. The number of carbonyl (C=O) groups is 1. The van der Waals surface area contributed by atoms with Gasteiger partial charge in [0.25, 0.3) is 0 Å². The molecule has 0 bridgehead atoms. The molecule has 0 aliphatic carbocycles. The Hall–Kier alpha value is -2.21. The van der Waals surface area contributed by atoms with Crippen molar-refractivity contribution >= 4 is 21.8 Å². The van der Waals surface area contributed by atoms with Crippen molar-refractivity contribution in [1.29, 1.82) is 0 Å². The van der Waals surface area contributed by atoms with E-state index in [1.54, 1.807) is 33.5 Å². The monoisotopic (exact) mass is 421 g/mol. The van der Waals surface area contributed by atoms with Gasteiger partial charge < -0.3 is 19.5 Å². The summed E-state index contributed by atoms with van der Waals surface area (Å²) in [6.45, 7) is 2.05. The molecule has 0 radical (unpaired) electrons. The molecule has 0 unspecified atom stereocenters. The SMILES string of the molecule is CC[C@@H](NC(=O)Cc1cc(OC)c(OC)c(OC)c1)c1ccc(Br)cc1. The Balaban J connectivity index is 2.14. The van der Waals surface area contributed by atoms with E-state index in [0.717, 1.165) is 22.0 Å². The first-order valence-corrected chi connectivity index (χ1v) is 9.15. The number of halogens is 1. The lowest BCUT2D eigenvalue weighted by Gasteiger charge is -2.18. The lowest BCUT2D eigenvalue weighted by molar-refractivity contribution is -0.121. The van der Waals surface area contributed by atoms with Crippen molar-refractivity contribution in [2.45, 2.75) is 25.8 Å². The van der Waals surface area contributed by atoms with E-state index in [9.17, 15) is 4.79 Å². The third-order valence-electron chi connectivity index (χ3n) is 4.11. The average Bonchev–Trinajstić information content (AvgIpc) is 2.65. The van der Waals surface area contributed by atoms with Gasteiger partial charge in [-0.3, -0.25) is 4.79 Å². The summed E-state index contributed by atoms with van der Waals surface area (Å²) in [6.07, 6.45) is 1.03. The molecule has 0 fully saturated rings. The highest BCUT2D eigenvalue weighted by Crippen LogP contribution is 2.38. The minimum atomic E-state index is -0.0611.